The maximum Gasteiger partial charge on any atom is 0.508 e. The monoisotopic (exact) mass is 598 g/mol. The lowest BCUT2D eigenvalue weighted by Crippen LogP contribution is -2.57. The van der Waals surface area contributed by atoms with E-state index in [1.807, 2.05) is 19.9 Å². The molecule has 7 atom stereocenters. The minimum atomic E-state index is -2.35. The fourth-order valence-electron chi connectivity index (χ4n) is 5.26. The lowest BCUT2D eigenvalue weighted by atomic mass is 9.80. The highest BCUT2D eigenvalue weighted by atomic mass is 28.4. The Morgan fingerprint density at radius 1 is 1.07 bits per heavy atom. The van der Waals surface area contributed by atoms with Gasteiger partial charge in [-0.2, -0.15) is 0 Å². The first-order chi connectivity index (χ1) is 18.5. The van der Waals surface area contributed by atoms with Gasteiger partial charge in [-0.3, -0.25) is 0 Å². The number of ether oxygens (including phenoxy) is 3. The third-order valence-electron chi connectivity index (χ3n) is 9.23. The van der Waals surface area contributed by atoms with Gasteiger partial charge in [-0.15, -0.1) is 0 Å². The average Bonchev–Trinajstić information content (AvgIpc) is 3.60. The van der Waals surface area contributed by atoms with Gasteiger partial charge >= 0.3 is 6.16 Å². The van der Waals surface area contributed by atoms with Crippen LogP contribution in [0, 0.1) is 17.8 Å². The summed E-state index contributed by atoms with van der Waals surface area (Å²) in [4.78, 5) is 24.9. The van der Waals surface area contributed by atoms with Crippen LogP contribution in [0.2, 0.25) is 36.3 Å². The molecular weight excluding hydrogens is 541 g/mol. The van der Waals surface area contributed by atoms with Gasteiger partial charge in [-0.1, -0.05) is 80.2 Å². The Balaban J connectivity index is 3.76. The molecule has 0 radical (unpaired) electrons. The summed E-state index contributed by atoms with van der Waals surface area (Å²) in [6.45, 7) is 29.3. The number of aldehydes is 1. The summed E-state index contributed by atoms with van der Waals surface area (Å²) in [6, 6.07) is 2.79. The fraction of sp³-hybridized carbons (Fsp3) is 0.806. The van der Waals surface area contributed by atoms with Gasteiger partial charge in [0.25, 0.3) is 0 Å². The standard InChI is InChI=1S/C31H58O7Si2/c1-14-19-23(6)27-31(11,36-27)28(38-39(12,13)30(8,9)10)25(22-35-29(33)34-20-15-2)26(24(7)21-32)37-40(16-3,17-4)18-5/h14-15,19,21,23-28H,2,16-18,20,22H2,1,3-13H3/b19-14-/t23-,24+,25-,26+,27+,28-,31-/m0/s1. The number of hydrogen-bond acceptors (Lipinski definition) is 7. The van der Waals surface area contributed by atoms with Crippen LogP contribution in [-0.4, -0.2) is 66.2 Å². The maximum absolute atomic E-state index is 12.5. The zero-order valence-electron chi connectivity index (χ0n) is 27.4. The smallest absolute Gasteiger partial charge is 0.434 e. The summed E-state index contributed by atoms with van der Waals surface area (Å²) >= 11 is 0. The van der Waals surface area contributed by atoms with Crippen LogP contribution >= 0.6 is 0 Å². The van der Waals surface area contributed by atoms with E-state index >= 15 is 0 Å². The third-order valence-corrected chi connectivity index (χ3v) is 18.3. The van der Waals surface area contributed by atoms with Crippen molar-refractivity contribution >= 4 is 29.1 Å². The van der Waals surface area contributed by atoms with Crippen LogP contribution in [0.25, 0.3) is 0 Å². The summed E-state index contributed by atoms with van der Waals surface area (Å²) in [5.74, 6) is -0.721. The maximum atomic E-state index is 12.5. The molecule has 0 bridgehead atoms. The molecule has 1 saturated heterocycles. The molecule has 9 heteroatoms. The van der Waals surface area contributed by atoms with E-state index in [-0.39, 0.29) is 30.3 Å². The largest absolute Gasteiger partial charge is 0.508 e. The van der Waals surface area contributed by atoms with Crippen molar-refractivity contribution in [2.45, 2.75) is 129 Å². The number of carbonyl (C=O) groups is 2. The van der Waals surface area contributed by atoms with Crippen molar-refractivity contribution < 1.29 is 32.7 Å². The molecule has 0 aromatic rings. The van der Waals surface area contributed by atoms with E-state index in [0.717, 1.165) is 24.4 Å². The topological polar surface area (TPSA) is 83.6 Å². The number of allylic oxidation sites excluding steroid dienone is 1. The summed E-state index contributed by atoms with van der Waals surface area (Å²) in [7, 11) is -4.52. The first kappa shape index (κ1) is 36.8. The number of hydrogen-bond donors (Lipinski definition) is 0. The summed E-state index contributed by atoms with van der Waals surface area (Å²) in [6.07, 6.45) is 4.80. The van der Waals surface area contributed by atoms with Gasteiger partial charge in [-0.25, -0.2) is 4.79 Å². The molecule has 0 N–H and O–H groups in total. The molecule has 232 valence electrons. The van der Waals surface area contributed by atoms with Crippen molar-refractivity contribution in [3.63, 3.8) is 0 Å². The molecule has 7 nitrogen and oxygen atoms in total. The van der Waals surface area contributed by atoms with Crippen molar-refractivity contribution in [1.29, 1.82) is 0 Å². The molecule has 0 saturated carbocycles. The van der Waals surface area contributed by atoms with Gasteiger partial charge in [0, 0.05) is 17.8 Å². The Labute approximate surface area is 246 Å². The SMILES string of the molecule is C=CCOC(=O)OC[C@@H]([C@H](O[Si](CC)(CC)CC)[C@H](C)C=O)[C@H](O[Si](C)(C)C(C)(C)C)[C@@]1(C)O[C@@H]1[C@@H](C)/C=C\C. The second kappa shape index (κ2) is 15.3. The van der Waals surface area contributed by atoms with E-state index in [2.05, 4.69) is 81.1 Å². The first-order valence-corrected chi connectivity index (χ1v) is 20.5. The molecule has 0 aromatic heterocycles. The average molecular weight is 599 g/mol. The molecule has 1 aliphatic heterocycles. The normalized spacial score (nSPS) is 23.6. The van der Waals surface area contributed by atoms with E-state index in [9.17, 15) is 9.59 Å². The molecular formula is C31H58O7Si2. The van der Waals surface area contributed by atoms with Gasteiger partial charge < -0.3 is 27.9 Å². The van der Waals surface area contributed by atoms with Crippen molar-refractivity contribution in [2.75, 3.05) is 13.2 Å². The van der Waals surface area contributed by atoms with Crippen LogP contribution in [0.4, 0.5) is 4.79 Å². The Morgan fingerprint density at radius 2 is 1.65 bits per heavy atom. The highest BCUT2D eigenvalue weighted by molar-refractivity contribution is 6.74. The highest BCUT2D eigenvalue weighted by Gasteiger charge is 2.64. The highest BCUT2D eigenvalue weighted by Crippen LogP contribution is 2.51. The van der Waals surface area contributed by atoms with Crippen molar-refractivity contribution in [3.05, 3.63) is 24.8 Å². The van der Waals surface area contributed by atoms with Crippen LogP contribution < -0.4 is 0 Å². The quantitative estimate of drug-likeness (QED) is 0.0521. The number of carbonyl (C=O) groups excluding carboxylic acids is 2. The Morgan fingerprint density at radius 3 is 2.10 bits per heavy atom. The Kier molecular flexibility index (Phi) is 14.0. The van der Waals surface area contributed by atoms with Crippen LogP contribution in [0.15, 0.2) is 24.8 Å². The predicted octanol–water partition coefficient (Wildman–Crippen LogP) is 7.93. The molecule has 0 aliphatic carbocycles. The van der Waals surface area contributed by atoms with Gasteiger partial charge in [0.15, 0.2) is 16.6 Å². The molecule has 1 heterocycles. The molecule has 40 heavy (non-hydrogen) atoms. The molecule has 1 rings (SSSR count). The van der Waals surface area contributed by atoms with Crippen molar-refractivity contribution in [1.82, 2.24) is 0 Å². The summed E-state index contributed by atoms with van der Waals surface area (Å²) in [5.41, 5.74) is -0.646. The Hall–Kier alpha value is -1.27. The van der Waals surface area contributed by atoms with Gasteiger partial charge in [0.05, 0.1) is 18.3 Å². The first-order valence-electron chi connectivity index (χ1n) is 15.0. The van der Waals surface area contributed by atoms with E-state index in [4.69, 9.17) is 23.1 Å². The van der Waals surface area contributed by atoms with E-state index in [0.29, 0.717) is 0 Å². The van der Waals surface area contributed by atoms with Crippen molar-refractivity contribution in [2.24, 2.45) is 17.8 Å². The number of rotatable bonds is 18. The van der Waals surface area contributed by atoms with Crippen LogP contribution in [0.5, 0.6) is 0 Å². The van der Waals surface area contributed by atoms with E-state index in [1.165, 1.54) is 6.08 Å². The lowest BCUT2D eigenvalue weighted by molar-refractivity contribution is -0.117. The second-order valence-corrected chi connectivity index (χ2v) is 22.5. The molecule has 1 aliphatic rings. The van der Waals surface area contributed by atoms with Crippen molar-refractivity contribution in [3.8, 4) is 0 Å². The molecule has 1 fully saturated rings. The van der Waals surface area contributed by atoms with Crippen LogP contribution in [0.3, 0.4) is 0 Å². The summed E-state index contributed by atoms with van der Waals surface area (Å²) < 4.78 is 31.7. The van der Waals surface area contributed by atoms with Gasteiger partial charge in [0.1, 0.15) is 25.1 Å². The Bertz CT molecular complexity index is 841. The molecule has 0 spiro atoms. The van der Waals surface area contributed by atoms with Gasteiger partial charge in [-0.05, 0) is 50.1 Å². The zero-order chi connectivity index (χ0) is 30.9. The van der Waals surface area contributed by atoms with Crippen LogP contribution in [0.1, 0.15) is 69.2 Å². The molecule has 0 amide bonds. The predicted molar refractivity (Wildman–Crippen MR) is 168 cm³/mol. The summed E-state index contributed by atoms with van der Waals surface area (Å²) in [5, 5.41) is -0.0728. The zero-order valence-corrected chi connectivity index (χ0v) is 29.4. The minimum Gasteiger partial charge on any atom is -0.434 e. The fourth-order valence-corrected chi connectivity index (χ4v) is 9.63. The number of epoxide rings is 1. The minimum absolute atomic E-state index is 0.0105. The lowest BCUT2D eigenvalue weighted by Gasteiger charge is -2.46. The van der Waals surface area contributed by atoms with E-state index in [1.54, 1.807) is 0 Å². The van der Waals surface area contributed by atoms with E-state index < -0.39 is 52.4 Å². The third kappa shape index (κ3) is 9.12. The molecule has 0 unspecified atom stereocenters. The van der Waals surface area contributed by atoms with Gasteiger partial charge in [0.2, 0.25) is 0 Å². The molecule has 0 aromatic carbocycles. The van der Waals surface area contributed by atoms with Crippen LogP contribution in [-0.2, 0) is 27.9 Å². The second-order valence-electron chi connectivity index (χ2n) is 13.1.